The molecule has 1 N–H and O–H groups in total. The van der Waals surface area contributed by atoms with Gasteiger partial charge >= 0.3 is 0 Å². The summed E-state index contributed by atoms with van der Waals surface area (Å²) >= 11 is 1.82. The van der Waals surface area contributed by atoms with Gasteiger partial charge in [0.15, 0.2) is 9.84 Å². The van der Waals surface area contributed by atoms with Crippen LogP contribution in [0.3, 0.4) is 0 Å². The lowest BCUT2D eigenvalue weighted by molar-refractivity contribution is 0.442. The number of hydrogen-bond donors (Lipinski definition) is 1. The number of nitrogens with one attached hydrogen (secondary N) is 1. The van der Waals surface area contributed by atoms with E-state index in [9.17, 15) is 8.42 Å². The van der Waals surface area contributed by atoms with Gasteiger partial charge in [-0.3, -0.25) is 0 Å². The Morgan fingerprint density at radius 1 is 1.30 bits per heavy atom. The van der Waals surface area contributed by atoms with E-state index in [0.29, 0.717) is 5.75 Å². The van der Waals surface area contributed by atoms with Crippen LogP contribution >= 0.6 is 11.3 Å². The van der Waals surface area contributed by atoms with Gasteiger partial charge in [-0.05, 0) is 44.4 Å². The minimum Gasteiger partial charge on any atom is -0.313 e. The monoisotopic (exact) mass is 315 g/mol. The highest BCUT2D eigenvalue weighted by molar-refractivity contribution is 7.92. The van der Waals surface area contributed by atoms with Crippen molar-refractivity contribution in [3.8, 4) is 0 Å². The van der Waals surface area contributed by atoms with Crippen LogP contribution in [0.15, 0.2) is 12.1 Å². The van der Waals surface area contributed by atoms with Crippen LogP contribution < -0.4 is 5.32 Å². The highest BCUT2D eigenvalue weighted by Crippen LogP contribution is 2.26. The fourth-order valence-electron chi connectivity index (χ4n) is 2.97. The molecule has 114 valence electrons. The zero-order valence-electron chi connectivity index (χ0n) is 12.4. The molecule has 3 nitrogen and oxygen atoms in total. The smallest absolute Gasteiger partial charge is 0.154 e. The van der Waals surface area contributed by atoms with Gasteiger partial charge < -0.3 is 5.32 Å². The summed E-state index contributed by atoms with van der Waals surface area (Å²) in [5, 5.41) is 3.21. The SMILES string of the molecule is CCNC(Cc1ccc(CC)s1)C1CCCCS1(=O)=O. The molecule has 0 bridgehead atoms. The third kappa shape index (κ3) is 3.83. The van der Waals surface area contributed by atoms with E-state index < -0.39 is 9.84 Å². The molecule has 1 aromatic rings. The summed E-state index contributed by atoms with van der Waals surface area (Å²) in [6.45, 7) is 5.03. The third-order valence-corrected chi connectivity index (χ3v) is 7.63. The quantitative estimate of drug-likeness (QED) is 0.878. The maximum absolute atomic E-state index is 12.3. The maximum Gasteiger partial charge on any atom is 0.154 e. The molecule has 2 atom stereocenters. The van der Waals surface area contributed by atoms with E-state index in [-0.39, 0.29) is 11.3 Å². The maximum atomic E-state index is 12.3. The molecule has 1 saturated heterocycles. The predicted octanol–water partition coefficient (Wildman–Crippen LogP) is 2.80. The summed E-state index contributed by atoms with van der Waals surface area (Å²) in [6, 6.07) is 4.38. The van der Waals surface area contributed by atoms with E-state index in [2.05, 4.69) is 24.4 Å². The molecular weight excluding hydrogens is 290 g/mol. The summed E-state index contributed by atoms with van der Waals surface area (Å²) in [4.78, 5) is 2.68. The summed E-state index contributed by atoms with van der Waals surface area (Å²) in [6.07, 6.45) is 4.57. The Labute approximate surface area is 126 Å². The van der Waals surface area contributed by atoms with Gasteiger partial charge in [0.1, 0.15) is 0 Å². The highest BCUT2D eigenvalue weighted by Gasteiger charge is 2.35. The van der Waals surface area contributed by atoms with Gasteiger partial charge in [-0.25, -0.2) is 8.42 Å². The van der Waals surface area contributed by atoms with Gasteiger partial charge in [-0.2, -0.15) is 0 Å². The molecule has 5 heteroatoms. The first-order chi connectivity index (χ1) is 9.56. The second-order valence-electron chi connectivity index (χ2n) is 5.49. The summed E-state index contributed by atoms with van der Waals surface area (Å²) < 4.78 is 24.6. The average molecular weight is 316 g/mol. The summed E-state index contributed by atoms with van der Waals surface area (Å²) in [7, 11) is -2.92. The topological polar surface area (TPSA) is 46.2 Å². The van der Waals surface area contributed by atoms with Crippen LogP contribution in [0.25, 0.3) is 0 Å². The zero-order chi connectivity index (χ0) is 14.6. The molecule has 2 rings (SSSR count). The second kappa shape index (κ2) is 7.05. The van der Waals surface area contributed by atoms with Crippen molar-refractivity contribution in [2.45, 2.75) is 57.2 Å². The number of sulfone groups is 1. The molecule has 20 heavy (non-hydrogen) atoms. The van der Waals surface area contributed by atoms with Gasteiger partial charge in [-0.15, -0.1) is 11.3 Å². The van der Waals surface area contributed by atoms with Crippen molar-refractivity contribution in [3.63, 3.8) is 0 Å². The Bertz CT molecular complexity index is 522. The lowest BCUT2D eigenvalue weighted by Crippen LogP contribution is -2.47. The minimum absolute atomic E-state index is 0.0636. The molecule has 0 saturated carbocycles. The van der Waals surface area contributed by atoms with Gasteiger partial charge in [-0.1, -0.05) is 20.3 Å². The molecule has 0 radical (unpaired) electrons. The van der Waals surface area contributed by atoms with Crippen LogP contribution in [0.4, 0.5) is 0 Å². The Morgan fingerprint density at radius 2 is 2.05 bits per heavy atom. The van der Waals surface area contributed by atoms with E-state index in [4.69, 9.17) is 0 Å². The molecule has 0 aliphatic carbocycles. The molecule has 0 aromatic carbocycles. The van der Waals surface area contributed by atoms with Crippen molar-refractivity contribution in [1.29, 1.82) is 0 Å². The molecule has 0 spiro atoms. The van der Waals surface area contributed by atoms with Gasteiger partial charge in [0.05, 0.1) is 11.0 Å². The van der Waals surface area contributed by atoms with Crippen LogP contribution in [-0.4, -0.2) is 32.0 Å². The largest absolute Gasteiger partial charge is 0.313 e. The standard InChI is InChI=1S/C15H25NO2S2/c1-3-12-8-9-13(19-12)11-14(16-4-2)15-7-5-6-10-20(15,17)18/h8-9,14-16H,3-7,10-11H2,1-2H3. The molecule has 1 aliphatic rings. The van der Waals surface area contributed by atoms with Crippen molar-refractivity contribution in [2.75, 3.05) is 12.3 Å². The first-order valence-electron chi connectivity index (χ1n) is 7.59. The molecule has 0 amide bonds. The predicted molar refractivity (Wildman–Crippen MR) is 86.3 cm³/mol. The number of likely N-dealkylation sites (N-methyl/N-ethyl adjacent to an activating group) is 1. The molecule has 1 fully saturated rings. The van der Waals surface area contributed by atoms with Crippen molar-refractivity contribution < 1.29 is 8.42 Å². The Balaban J connectivity index is 2.13. The van der Waals surface area contributed by atoms with Crippen LogP contribution in [0.5, 0.6) is 0 Å². The Morgan fingerprint density at radius 3 is 2.65 bits per heavy atom. The summed E-state index contributed by atoms with van der Waals surface area (Å²) in [5.41, 5.74) is 0. The average Bonchev–Trinajstić information content (AvgIpc) is 2.85. The molecule has 2 heterocycles. The number of thiophene rings is 1. The van der Waals surface area contributed by atoms with Gasteiger partial charge in [0.2, 0.25) is 0 Å². The van der Waals surface area contributed by atoms with E-state index in [0.717, 1.165) is 38.6 Å². The number of aryl methyl sites for hydroxylation is 1. The summed E-state index contributed by atoms with van der Waals surface area (Å²) in [5.74, 6) is 0.365. The molecule has 1 aromatic heterocycles. The van der Waals surface area contributed by atoms with E-state index in [1.54, 1.807) is 0 Å². The van der Waals surface area contributed by atoms with Gasteiger partial charge in [0, 0.05) is 15.8 Å². The van der Waals surface area contributed by atoms with Crippen molar-refractivity contribution in [3.05, 3.63) is 21.9 Å². The second-order valence-corrected chi connectivity index (χ2v) is 9.08. The molecule has 2 unspecified atom stereocenters. The Kier molecular flexibility index (Phi) is 5.64. The van der Waals surface area contributed by atoms with E-state index in [1.165, 1.54) is 9.75 Å². The first kappa shape index (κ1) is 16.0. The van der Waals surface area contributed by atoms with Crippen LogP contribution in [0.2, 0.25) is 0 Å². The lowest BCUT2D eigenvalue weighted by atomic mass is 10.0. The zero-order valence-corrected chi connectivity index (χ0v) is 14.0. The number of rotatable bonds is 6. The van der Waals surface area contributed by atoms with Crippen LogP contribution in [-0.2, 0) is 22.7 Å². The van der Waals surface area contributed by atoms with Crippen molar-refractivity contribution >= 4 is 21.2 Å². The van der Waals surface area contributed by atoms with Gasteiger partial charge in [0.25, 0.3) is 0 Å². The Hall–Kier alpha value is -0.390. The fourth-order valence-corrected chi connectivity index (χ4v) is 6.11. The van der Waals surface area contributed by atoms with E-state index >= 15 is 0 Å². The first-order valence-corrected chi connectivity index (χ1v) is 10.1. The van der Waals surface area contributed by atoms with Crippen molar-refractivity contribution in [2.24, 2.45) is 0 Å². The normalized spacial score (nSPS) is 23.6. The fraction of sp³-hybridized carbons (Fsp3) is 0.733. The van der Waals surface area contributed by atoms with Crippen LogP contribution in [0, 0.1) is 0 Å². The molecular formula is C15H25NO2S2. The molecule has 1 aliphatic heterocycles. The lowest BCUT2D eigenvalue weighted by Gasteiger charge is -2.30. The third-order valence-electron chi connectivity index (χ3n) is 4.03. The number of hydrogen-bond acceptors (Lipinski definition) is 4. The minimum atomic E-state index is -2.92. The van der Waals surface area contributed by atoms with Crippen molar-refractivity contribution in [1.82, 2.24) is 5.32 Å². The van der Waals surface area contributed by atoms with E-state index in [1.807, 2.05) is 18.3 Å². The highest BCUT2D eigenvalue weighted by atomic mass is 32.2. The van der Waals surface area contributed by atoms with Crippen LogP contribution in [0.1, 0.15) is 42.9 Å².